The molecule has 0 radical (unpaired) electrons. The maximum Gasteiger partial charge on any atom is 0.145 e. The molecule has 7 nitrogen and oxygen atoms in total. The second kappa shape index (κ2) is 5.86. The fraction of sp³-hybridized carbons (Fsp3) is 0.176. The fourth-order valence-corrected chi connectivity index (χ4v) is 3.08. The molecular formula is C17H16ClN7. The number of aromatic nitrogens is 6. The Morgan fingerprint density at radius 2 is 2.08 bits per heavy atom. The predicted octanol–water partition coefficient (Wildman–Crippen LogP) is 3.22. The van der Waals surface area contributed by atoms with Crippen LogP contribution in [0.2, 0.25) is 5.02 Å². The minimum absolute atomic E-state index is 0.419. The van der Waals surface area contributed by atoms with Crippen LogP contribution in [0.4, 0.5) is 5.82 Å². The van der Waals surface area contributed by atoms with Crippen LogP contribution in [0.1, 0.15) is 12.6 Å². The third-order valence-electron chi connectivity index (χ3n) is 4.06. The van der Waals surface area contributed by atoms with Gasteiger partial charge in [0.1, 0.15) is 17.2 Å². The average Bonchev–Trinajstić information content (AvgIpc) is 3.23. The van der Waals surface area contributed by atoms with Crippen LogP contribution in [0.3, 0.4) is 0 Å². The zero-order valence-corrected chi connectivity index (χ0v) is 14.5. The molecule has 0 spiro atoms. The van der Waals surface area contributed by atoms with Crippen molar-refractivity contribution in [3.8, 4) is 22.6 Å². The maximum absolute atomic E-state index is 6.40. The monoisotopic (exact) mass is 353 g/mol. The first kappa shape index (κ1) is 15.6. The van der Waals surface area contributed by atoms with E-state index in [9.17, 15) is 0 Å². The van der Waals surface area contributed by atoms with Gasteiger partial charge in [0, 0.05) is 24.2 Å². The molecule has 3 aromatic heterocycles. The number of aryl methyl sites for hydroxylation is 2. The smallest absolute Gasteiger partial charge is 0.145 e. The summed E-state index contributed by atoms with van der Waals surface area (Å²) in [6.45, 7) is 2.00. The molecule has 4 rings (SSSR count). The lowest BCUT2D eigenvalue weighted by molar-refractivity contribution is 0.769. The number of aromatic amines is 1. The van der Waals surface area contributed by atoms with Crippen LogP contribution in [-0.2, 0) is 13.5 Å². The van der Waals surface area contributed by atoms with E-state index in [0.29, 0.717) is 34.3 Å². The third kappa shape index (κ3) is 2.62. The van der Waals surface area contributed by atoms with E-state index in [1.165, 1.54) is 0 Å². The van der Waals surface area contributed by atoms with Crippen LogP contribution in [0.5, 0.6) is 0 Å². The van der Waals surface area contributed by atoms with Crippen molar-refractivity contribution in [2.45, 2.75) is 13.3 Å². The second-order valence-corrected chi connectivity index (χ2v) is 6.18. The van der Waals surface area contributed by atoms with Crippen molar-refractivity contribution in [1.29, 1.82) is 0 Å². The van der Waals surface area contributed by atoms with Gasteiger partial charge < -0.3 is 5.73 Å². The Hall–Kier alpha value is -2.93. The Bertz CT molecular complexity index is 1080. The number of hydrogen-bond acceptors (Lipinski definition) is 5. The molecule has 0 bridgehead atoms. The van der Waals surface area contributed by atoms with Crippen LogP contribution < -0.4 is 5.73 Å². The number of anilines is 1. The number of rotatable bonds is 3. The first-order valence-corrected chi connectivity index (χ1v) is 8.24. The van der Waals surface area contributed by atoms with Gasteiger partial charge in [0.2, 0.25) is 0 Å². The minimum atomic E-state index is 0.419. The largest absolute Gasteiger partial charge is 0.382 e. The second-order valence-electron chi connectivity index (χ2n) is 5.77. The summed E-state index contributed by atoms with van der Waals surface area (Å²) in [4.78, 5) is 9.33. The van der Waals surface area contributed by atoms with Gasteiger partial charge in [-0.1, -0.05) is 18.5 Å². The minimum Gasteiger partial charge on any atom is -0.382 e. The molecule has 1 aromatic carbocycles. The molecule has 0 aliphatic heterocycles. The zero-order valence-electron chi connectivity index (χ0n) is 13.8. The van der Waals surface area contributed by atoms with Gasteiger partial charge in [-0.3, -0.25) is 9.78 Å². The highest BCUT2D eigenvalue weighted by molar-refractivity contribution is 6.35. The van der Waals surface area contributed by atoms with Crippen LogP contribution in [0.25, 0.3) is 33.5 Å². The van der Waals surface area contributed by atoms with Crippen molar-refractivity contribution < 1.29 is 0 Å². The Kier molecular flexibility index (Phi) is 3.65. The zero-order chi connectivity index (χ0) is 17.6. The summed E-state index contributed by atoms with van der Waals surface area (Å²) in [6.07, 6.45) is 4.28. The molecule has 0 saturated carbocycles. The summed E-state index contributed by atoms with van der Waals surface area (Å²) in [7, 11) is 1.86. The van der Waals surface area contributed by atoms with Crippen LogP contribution >= 0.6 is 11.6 Å². The summed E-state index contributed by atoms with van der Waals surface area (Å²) in [6, 6.07) is 5.72. The van der Waals surface area contributed by atoms with Crippen LogP contribution in [0, 0.1) is 0 Å². The molecule has 3 N–H and O–H groups in total. The summed E-state index contributed by atoms with van der Waals surface area (Å²) in [5.74, 6) is 0.419. The summed E-state index contributed by atoms with van der Waals surface area (Å²) >= 11 is 6.40. The number of hydrogen-bond donors (Lipinski definition) is 2. The summed E-state index contributed by atoms with van der Waals surface area (Å²) in [5.41, 5.74) is 10.5. The van der Waals surface area contributed by atoms with Crippen molar-refractivity contribution in [2.24, 2.45) is 7.05 Å². The molecule has 0 aliphatic rings. The normalized spacial score (nSPS) is 11.3. The van der Waals surface area contributed by atoms with E-state index in [4.69, 9.17) is 22.3 Å². The van der Waals surface area contributed by atoms with Crippen molar-refractivity contribution in [1.82, 2.24) is 29.9 Å². The van der Waals surface area contributed by atoms with E-state index in [2.05, 4.69) is 20.3 Å². The SMILES string of the molecule is CCc1nc(-c2cc(Cl)c3[nH]ncc3c2)c(-c2ccn(C)n2)nc1N. The van der Waals surface area contributed by atoms with Gasteiger partial charge >= 0.3 is 0 Å². The number of H-pyrrole nitrogens is 1. The van der Waals surface area contributed by atoms with Crippen molar-refractivity contribution in [3.63, 3.8) is 0 Å². The van der Waals surface area contributed by atoms with Crippen LogP contribution in [-0.4, -0.2) is 29.9 Å². The lowest BCUT2D eigenvalue weighted by atomic mass is 10.1. The van der Waals surface area contributed by atoms with Gasteiger partial charge in [-0.05, 0) is 24.6 Å². The molecule has 0 atom stereocenters. The van der Waals surface area contributed by atoms with E-state index < -0.39 is 0 Å². The van der Waals surface area contributed by atoms with Gasteiger partial charge in [-0.15, -0.1) is 0 Å². The molecule has 3 heterocycles. The maximum atomic E-state index is 6.40. The first-order chi connectivity index (χ1) is 12.1. The molecule has 0 unspecified atom stereocenters. The van der Waals surface area contributed by atoms with Gasteiger partial charge in [0.25, 0.3) is 0 Å². The van der Waals surface area contributed by atoms with Crippen molar-refractivity contribution >= 4 is 28.3 Å². The first-order valence-electron chi connectivity index (χ1n) is 7.86. The third-order valence-corrected chi connectivity index (χ3v) is 4.36. The van der Waals surface area contributed by atoms with E-state index >= 15 is 0 Å². The highest BCUT2D eigenvalue weighted by Crippen LogP contribution is 2.34. The quantitative estimate of drug-likeness (QED) is 0.589. The highest BCUT2D eigenvalue weighted by Gasteiger charge is 2.18. The Morgan fingerprint density at radius 3 is 2.80 bits per heavy atom. The Morgan fingerprint density at radius 1 is 1.24 bits per heavy atom. The number of nitrogens with two attached hydrogens (primary N) is 1. The molecule has 25 heavy (non-hydrogen) atoms. The van der Waals surface area contributed by atoms with E-state index in [0.717, 1.165) is 22.2 Å². The molecule has 0 amide bonds. The molecule has 0 fully saturated rings. The molecule has 126 valence electrons. The fourth-order valence-electron chi connectivity index (χ4n) is 2.82. The van der Waals surface area contributed by atoms with Crippen molar-refractivity contribution in [3.05, 3.63) is 41.3 Å². The van der Waals surface area contributed by atoms with Gasteiger partial charge in [-0.2, -0.15) is 10.2 Å². The van der Waals surface area contributed by atoms with E-state index in [-0.39, 0.29) is 0 Å². The van der Waals surface area contributed by atoms with Crippen LogP contribution in [0.15, 0.2) is 30.6 Å². The Labute approximate surface area is 148 Å². The number of nitrogens with zero attached hydrogens (tertiary/aromatic N) is 5. The summed E-state index contributed by atoms with van der Waals surface area (Å²) in [5, 5.41) is 12.9. The molecule has 4 aromatic rings. The molecule has 0 saturated heterocycles. The molecule has 0 aliphatic carbocycles. The standard InChI is InChI=1S/C17H16ClN7/c1-3-12-17(19)22-16(13-4-5-25(2)24-13)15(21-12)9-6-10-8-20-23-14(10)11(18)7-9/h4-8H,3H2,1-2H3,(H2,19,22)(H,20,23). The molecular weight excluding hydrogens is 338 g/mol. The topological polar surface area (TPSA) is 98.3 Å². The number of fused-ring (bicyclic) bond motifs is 1. The van der Waals surface area contributed by atoms with Gasteiger partial charge in [0.15, 0.2) is 0 Å². The Balaban J connectivity index is 2.00. The lowest BCUT2D eigenvalue weighted by Crippen LogP contribution is -2.05. The van der Waals surface area contributed by atoms with Crippen molar-refractivity contribution in [2.75, 3.05) is 5.73 Å². The number of halogens is 1. The predicted molar refractivity (Wildman–Crippen MR) is 98.1 cm³/mol. The number of nitrogens with one attached hydrogen (secondary N) is 1. The van der Waals surface area contributed by atoms with Gasteiger partial charge in [-0.25, -0.2) is 9.97 Å². The van der Waals surface area contributed by atoms with E-state index in [1.54, 1.807) is 10.9 Å². The molecule has 8 heteroatoms. The highest BCUT2D eigenvalue weighted by atomic mass is 35.5. The average molecular weight is 354 g/mol. The van der Waals surface area contributed by atoms with Gasteiger partial charge in [0.05, 0.1) is 28.1 Å². The van der Waals surface area contributed by atoms with E-state index in [1.807, 2.05) is 38.4 Å². The number of benzene rings is 1. The lowest BCUT2D eigenvalue weighted by Gasteiger charge is -2.11. The summed E-state index contributed by atoms with van der Waals surface area (Å²) < 4.78 is 1.72. The number of nitrogen functional groups attached to an aromatic ring is 1.